The van der Waals surface area contributed by atoms with Crippen LogP contribution >= 0.6 is 11.3 Å². The molecule has 548 valence electrons. The molecule has 0 radical (unpaired) electrons. The van der Waals surface area contributed by atoms with Crippen molar-refractivity contribution in [2.75, 3.05) is 66.2 Å². The number of thiazole rings is 1. The highest BCUT2D eigenvalue weighted by atomic mass is 32.1. The lowest BCUT2D eigenvalue weighted by molar-refractivity contribution is -0.138. The standard InChI is InChI=1S/C22H17N5O3.C21H18N4O3.C19H19N5O3.C17H15N3O3S/c1-26-10-8-22(30,21(26)29)7-5-14-3-2-4-16(11-14)18-17-12-15(13-23)6-9-27(17)20(25-18)19(24)28;1-24-12-10-21(28,20(24)27)9-8-14-5-4-6-15(13-14)19-23-17(18(22)26)16-7-2-3-11-25(16)19;1-23-9-7-19(27,18(23)26)6-5-12-3-2-4-13(11-12)14-16-21-8-10-24(16)17(22-14)15(20)25;1-20-8-7-17(23,16(20)22)6-5-11-3-2-4-12(9-11)13-10-24-15(19-13)14(18)21/h2-4,6,9,11-12,30H,8,10H2,1H3,(H2,24,28);2-7,11,13,28H,10,12H2,1H3,(H2,22,26);2-4,11,21,27H,7-10H2,1H3,(H2,20,25);2-4,9-10,23H,7-8H2,1H3,(H2,18,21)/t22-;21-;19-;17-/m0000/s1. The van der Waals surface area contributed by atoms with Crippen molar-refractivity contribution < 1.29 is 58.8 Å². The number of primary amides is 4. The largest absolute Gasteiger partial charge is 0.369 e. The first kappa shape index (κ1) is 74.9. The summed E-state index contributed by atoms with van der Waals surface area (Å²) in [5.41, 5.74) is 23.9. The summed E-state index contributed by atoms with van der Waals surface area (Å²) in [5, 5.41) is 56.1. The summed E-state index contributed by atoms with van der Waals surface area (Å²) >= 11 is 1.18. The topological polar surface area (TPSA) is 436 Å². The van der Waals surface area contributed by atoms with Gasteiger partial charge in [-0.1, -0.05) is 102 Å². The van der Waals surface area contributed by atoms with Crippen LogP contribution in [0.4, 0.5) is 5.82 Å². The second-order valence-corrected chi connectivity index (χ2v) is 27.0. The van der Waals surface area contributed by atoms with Crippen LogP contribution in [0.2, 0.25) is 0 Å². The molecule has 4 saturated heterocycles. The Hall–Kier alpha value is -13.8. The summed E-state index contributed by atoms with van der Waals surface area (Å²) < 4.78 is 5.09. The molecule has 5 aliphatic rings. The quantitative estimate of drug-likeness (QED) is 0.0988. The van der Waals surface area contributed by atoms with Crippen LogP contribution in [0.25, 0.3) is 56.2 Å². The van der Waals surface area contributed by atoms with Crippen molar-refractivity contribution in [3.8, 4) is 98.6 Å². The van der Waals surface area contributed by atoms with Gasteiger partial charge in [0.15, 0.2) is 10.7 Å². The van der Waals surface area contributed by atoms with E-state index in [2.05, 4.69) is 78.7 Å². The third kappa shape index (κ3) is 15.5. The van der Waals surface area contributed by atoms with Crippen LogP contribution in [0.15, 0.2) is 145 Å². The van der Waals surface area contributed by atoms with Gasteiger partial charge in [0, 0.05) is 155 Å². The minimum absolute atomic E-state index is 0.0508. The predicted octanol–water partition coefficient (Wildman–Crippen LogP) is 2.83. The van der Waals surface area contributed by atoms with Crippen LogP contribution in [0.1, 0.15) is 95.0 Å². The van der Waals surface area contributed by atoms with Crippen LogP contribution < -0.4 is 28.3 Å². The number of rotatable bonds is 8. The van der Waals surface area contributed by atoms with Crippen molar-refractivity contribution in [2.45, 2.75) is 54.6 Å². The molecule has 10 aromatic rings. The van der Waals surface area contributed by atoms with Crippen LogP contribution in [0.5, 0.6) is 0 Å². The van der Waals surface area contributed by atoms with Gasteiger partial charge < -0.3 is 72.8 Å². The van der Waals surface area contributed by atoms with E-state index in [1.165, 1.54) is 35.3 Å². The summed E-state index contributed by atoms with van der Waals surface area (Å²) in [6, 6.07) is 39.5. The average Bonchev–Trinajstić information content (AvgIpc) is 1.63. The number of nitrogens with zero attached hydrogens (tertiary/aromatic N) is 12. The summed E-state index contributed by atoms with van der Waals surface area (Å²) in [4.78, 5) is 118. The number of nitriles is 1. The Labute approximate surface area is 627 Å². The van der Waals surface area contributed by atoms with E-state index in [0.717, 1.165) is 22.5 Å². The lowest BCUT2D eigenvalue weighted by atomic mass is 10.0. The van der Waals surface area contributed by atoms with E-state index in [4.69, 9.17) is 22.9 Å². The fourth-order valence-electron chi connectivity index (χ4n) is 12.6. The molecule has 8 amide bonds. The van der Waals surface area contributed by atoms with Crippen molar-refractivity contribution in [1.29, 1.82) is 5.26 Å². The second kappa shape index (κ2) is 30.4. The molecule has 4 fully saturated rings. The molecule has 29 nitrogen and oxygen atoms in total. The Morgan fingerprint density at radius 3 is 1.36 bits per heavy atom. The maximum atomic E-state index is 12.1. The van der Waals surface area contributed by atoms with E-state index in [9.17, 15) is 64.0 Å². The van der Waals surface area contributed by atoms with Gasteiger partial charge in [-0.25, -0.2) is 19.9 Å². The molecule has 0 spiro atoms. The van der Waals surface area contributed by atoms with Crippen molar-refractivity contribution in [2.24, 2.45) is 22.9 Å². The molecule has 4 aromatic carbocycles. The molecule has 0 unspecified atom stereocenters. The van der Waals surface area contributed by atoms with E-state index in [1.54, 1.807) is 140 Å². The van der Waals surface area contributed by atoms with Crippen LogP contribution in [-0.2, 0) is 25.7 Å². The second-order valence-electron chi connectivity index (χ2n) is 26.2. The number of likely N-dealkylation sites (tertiary alicyclic amines) is 4. The number of likely N-dealkylation sites (N-methyl/N-ethyl adjacent to an activating group) is 4. The van der Waals surface area contributed by atoms with E-state index in [0.29, 0.717) is 113 Å². The zero-order chi connectivity index (χ0) is 77.9. The summed E-state index contributed by atoms with van der Waals surface area (Å²) in [5.74, 6) is 19.9. The van der Waals surface area contributed by atoms with Gasteiger partial charge in [0.1, 0.15) is 17.3 Å². The van der Waals surface area contributed by atoms with Crippen molar-refractivity contribution >= 4 is 75.4 Å². The number of imidazole rings is 3. The number of pyridine rings is 2. The molecule has 0 aliphatic carbocycles. The number of carbonyl (C=O) groups is 8. The number of hydrogen-bond acceptors (Lipinski definition) is 19. The SMILES string of the molecule is CN1CC[C@@](O)(C#Cc2cccc(-c3csc(C(N)=O)n3)c2)C1=O.CN1CC[C@@](O)(C#Cc2cccc(-c3nc(C(N)=O)c4ccccn34)c2)C1=O.CN1CC[C@@](O)(C#Cc2cccc(-c3nc(C(N)=O)n4c3NCC4)c2)C1=O.CN1CC[C@@](O)(C#Cc2cccc(-c3nc(C(N)=O)n4ccc(C#N)cc34)c2)C1=O. The number of benzene rings is 4. The van der Waals surface area contributed by atoms with Gasteiger partial charge in [-0.3, -0.25) is 47.2 Å². The third-order valence-corrected chi connectivity index (χ3v) is 19.4. The Balaban J connectivity index is 0.000000136. The molecule has 0 saturated carbocycles. The lowest BCUT2D eigenvalue weighted by Crippen LogP contribution is -2.37. The van der Waals surface area contributed by atoms with Crippen molar-refractivity contribution in [1.82, 2.24) is 52.9 Å². The van der Waals surface area contributed by atoms with Crippen LogP contribution in [0, 0.1) is 58.7 Å². The molecule has 11 heterocycles. The summed E-state index contributed by atoms with van der Waals surface area (Å²) in [6.07, 6.45) is 4.49. The molecule has 15 rings (SSSR count). The number of aliphatic hydroxyl groups is 4. The minimum Gasteiger partial charge on any atom is -0.369 e. The number of fused-ring (bicyclic) bond motifs is 3. The van der Waals surface area contributed by atoms with Gasteiger partial charge in [-0.15, -0.1) is 11.3 Å². The Bertz CT molecular complexity index is 5770. The molecule has 109 heavy (non-hydrogen) atoms. The predicted molar refractivity (Wildman–Crippen MR) is 400 cm³/mol. The summed E-state index contributed by atoms with van der Waals surface area (Å²) in [6.45, 7) is 3.21. The zero-order valence-electron chi connectivity index (χ0n) is 59.1. The lowest BCUT2D eigenvalue weighted by Gasteiger charge is -2.13. The Morgan fingerprint density at radius 1 is 0.468 bits per heavy atom. The monoisotopic (exact) mass is 1480 g/mol. The van der Waals surface area contributed by atoms with E-state index in [-0.39, 0.29) is 59.3 Å². The fourth-order valence-corrected chi connectivity index (χ4v) is 13.2. The molecular formula is C79H69N17O12S. The number of nitrogens with one attached hydrogen (secondary N) is 1. The number of anilines is 1. The molecule has 5 aliphatic heterocycles. The number of hydrogen-bond donors (Lipinski definition) is 9. The maximum absolute atomic E-state index is 12.1. The highest BCUT2D eigenvalue weighted by molar-refractivity contribution is 7.12. The van der Waals surface area contributed by atoms with Gasteiger partial charge in [-0.2, -0.15) is 5.26 Å². The molecule has 30 heteroatoms. The third-order valence-electron chi connectivity index (χ3n) is 18.5. The molecule has 6 aromatic heterocycles. The first-order chi connectivity index (χ1) is 52.0. The highest BCUT2D eigenvalue weighted by Gasteiger charge is 2.45. The first-order valence-electron chi connectivity index (χ1n) is 33.8. The van der Waals surface area contributed by atoms with Gasteiger partial charge in [0.2, 0.25) is 34.1 Å². The van der Waals surface area contributed by atoms with Crippen LogP contribution in [0.3, 0.4) is 0 Å². The Kier molecular flexibility index (Phi) is 20.9. The number of amides is 8. The van der Waals surface area contributed by atoms with Crippen LogP contribution in [-0.4, -0.2) is 204 Å². The average molecular weight is 1480 g/mol. The fraction of sp³-hybridized carbons (Fsp3) is 0.228. The molecule has 4 atom stereocenters. The number of carbonyl (C=O) groups excluding carboxylic acids is 8. The van der Waals surface area contributed by atoms with Gasteiger partial charge in [-0.05, 0) is 72.8 Å². The first-order valence-corrected chi connectivity index (χ1v) is 34.7. The van der Waals surface area contributed by atoms with Crippen molar-refractivity contribution in [3.05, 3.63) is 195 Å². The van der Waals surface area contributed by atoms with Crippen molar-refractivity contribution in [3.63, 3.8) is 0 Å². The molecular weight excluding hydrogens is 1410 g/mol. The normalized spacial score (nSPS) is 19.4. The van der Waals surface area contributed by atoms with E-state index in [1.807, 2.05) is 42.5 Å². The molecule has 13 N–H and O–H groups in total. The highest BCUT2D eigenvalue weighted by Crippen LogP contribution is 2.34. The molecule has 0 bridgehead atoms. The van der Waals surface area contributed by atoms with E-state index < -0.39 is 51.9 Å². The number of aromatic nitrogens is 7. The Morgan fingerprint density at radius 2 is 0.917 bits per heavy atom. The van der Waals surface area contributed by atoms with Gasteiger partial charge >= 0.3 is 0 Å². The summed E-state index contributed by atoms with van der Waals surface area (Å²) in [7, 11) is 6.55. The van der Waals surface area contributed by atoms with Gasteiger partial charge in [0.05, 0.1) is 34.1 Å². The minimum atomic E-state index is -1.69. The maximum Gasteiger partial charge on any atom is 0.285 e. The smallest absolute Gasteiger partial charge is 0.285 e. The van der Waals surface area contributed by atoms with Gasteiger partial charge in [0.25, 0.3) is 47.3 Å². The number of nitrogens with two attached hydrogens (primary N) is 4. The van der Waals surface area contributed by atoms with E-state index >= 15 is 0 Å². The zero-order valence-corrected chi connectivity index (χ0v) is 59.9.